The largest absolute Gasteiger partial charge is 0.452 e. The predicted octanol–water partition coefficient (Wildman–Crippen LogP) is 4.74. The molecule has 2 aliphatic rings. The molecule has 3 heterocycles. The number of aromatic nitrogens is 1. The molecule has 6 nitrogen and oxygen atoms in total. The fourth-order valence-corrected chi connectivity index (χ4v) is 3.93. The first-order valence-corrected chi connectivity index (χ1v) is 9.77. The number of hydrogen-bond acceptors (Lipinski definition) is 6. The van der Waals surface area contributed by atoms with Gasteiger partial charge in [0, 0.05) is 29.4 Å². The molecule has 5 rings (SSSR count). The zero-order chi connectivity index (χ0) is 22.2. The number of pyridine rings is 1. The number of carbonyl (C=O) groups excluding carboxylic acids is 2. The SMILES string of the molecule is O=C1C[C@@H](c2ccncc2)c2c(ccc3c2O/C(=C\c2ccccc2OC(F)F)C3=O)O1. The maximum Gasteiger partial charge on any atom is 0.387 e. The van der Waals surface area contributed by atoms with Crippen LogP contribution in [0.4, 0.5) is 8.78 Å². The number of benzene rings is 2. The molecule has 1 aromatic heterocycles. The number of rotatable bonds is 4. The lowest BCUT2D eigenvalue weighted by Gasteiger charge is -2.26. The van der Waals surface area contributed by atoms with Gasteiger partial charge in [-0.15, -0.1) is 0 Å². The van der Waals surface area contributed by atoms with Crippen molar-refractivity contribution in [2.45, 2.75) is 19.0 Å². The Bertz CT molecular complexity index is 1260. The Kier molecular flexibility index (Phi) is 4.89. The molecule has 0 bridgehead atoms. The van der Waals surface area contributed by atoms with E-state index in [2.05, 4.69) is 9.72 Å². The lowest BCUT2D eigenvalue weighted by Crippen LogP contribution is -2.21. The molecule has 0 N–H and O–H groups in total. The fraction of sp³-hybridized carbons (Fsp3) is 0.125. The van der Waals surface area contributed by atoms with Crippen LogP contribution in [0, 0.1) is 0 Å². The lowest BCUT2D eigenvalue weighted by atomic mass is 9.85. The summed E-state index contributed by atoms with van der Waals surface area (Å²) in [5.74, 6) is -0.682. The van der Waals surface area contributed by atoms with Crippen LogP contribution < -0.4 is 14.2 Å². The summed E-state index contributed by atoms with van der Waals surface area (Å²) in [4.78, 5) is 29.2. The van der Waals surface area contributed by atoms with Gasteiger partial charge in [0.25, 0.3) is 0 Å². The molecule has 2 aliphatic heterocycles. The van der Waals surface area contributed by atoms with E-state index in [0.717, 1.165) is 5.56 Å². The first-order chi connectivity index (χ1) is 15.5. The second-order valence-electron chi connectivity index (χ2n) is 7.22. The molecule has 0 spiro atoms. The third-order valence-corrected chi connectivity index (χ3v) is 5.31. The quantitative estimate of drug-likeness (QED) is 0.335. The van der Waals surface area contributed by atoms with Crippen molar-refractivity contribution in [2.75, 3.05) is 0 Å². The van der Waals surface area contributed by atoms with Crippen LogP contribution >= 0.6 is 0 Å². The van der Waals surface area contributed by atoms with Crippen LogP contribution in [-0.2, 0) is 4.79 Å². The normalized spacial score (nSPS) is 18.2. The number of carbonyl (C=O) groups is 2. The highest BCUT2D eigenvalue weighted by atomic mass is 19.3. The number of ether oxygens (including phenoxy) is 3. The van der Waals surface area contributed by atoms with Gasteiger partial charge in [0.1, 0.15) is 17.2 Å². The third kappa shape index (κ3) is 3.49. The molecule has 0 unspecified atom stereocenters. The summed E-state index contributed by atoms with van der Waals surface area (Å²) < 4.78 is 41.3. The van der Waals surface area contributed by atoms with E-state index in [1.165, 1.54) is 18.2 Å². The van der Waals surface area contributed by atoms with E-state index in [0.29, 0.717) is 22.6 Å². The van der Waals surface area contributed by atoms with Crippen LogP contribution in [0.1, 0.15) is 39.4 Å². The van der Waals surface area contributed by atoms with E-state index < -0.39 is 18.4 Å². The lowest BCUT2D eigenvalue weighted by molar-refractivity contribution is -0.135. The zero-order valence-electron chi connectivity index (χ0n) is 16.5. The summed E-state index contributed by atoms with van der Waals surface area (Å²) in [6.45, 7) is -3.00. The molecule has 8 heteroatoms. The van der Waals surface area contributed by atoms with Crippen molar-refractivity contribution in [3.8, 4) is 17.2 Å². The van der Waals surface area contributed by atoms with E-state index in [9.17, 15) is 18.4 Å². The number of halogens is 2. The van der Waals surface area contributed by atoms with Crippen molar-refractivity contribution in [3.63, 3.8) is 0 Å². The van der Waals surface area contributed by atoms with Crippen LogP contribution in [0.15, 0.2) is 66.7 Å². The Balaban J connectivity index is 1.59. The molecular formula is C24H15F2NO5. The van der Waals surface area contributed by atoms with E-state index in [1.54, 1.807) is 48.8 Å². The van der Waals surface area contributed by atoms with Gasteiger partial charge in [-0.2, -0.15) is 8.78 Å². The summed E-state index contributed by atoms with van der Waals surface area (Å²) in [5, 5.41) is 0. The van der Waals surface area contributed by atoms with Gasteiger partial charge in [-0.05, 0) is 42.0 Å². The number of ketones is 1. The number of esters is 1. The van der Waals surface area contributed by atoms with Crippen LogP contribution in [0.5, 0.6) is 17.2 Å². The van der Waals surface area contributed by atoms with Crippen LogP contribution in [0.25, 0.3) is 6.08 Å². The standard InChI is InChI=1S/C24H15F2NO5/c25-24(26)32-17-4-2-1-3-14(17)11-19-22(29)15-5-6-18-21(23(15)31-19)16(12-20(28)30-18)13-7-9-27-10-8-13/h1-11,16,24H,12H2/b19-11-/t16-/m0/s1. The third-order valence-electron chi connectivity index (χ3n) is 5.31. The zero-order valence-corrected chi connectivity index (χ0v) is 16.5. The summed E-state index contributed by atoms with van der Waals surface area (Å²) in [6, 6.07) is 12.8. The van der Waals surface area contributed by atoms with Gasteiger partial charge in [0.05, 0.1) is 12.0 Å². The molecule has 160 valence electrons. The number of alkyl halides is 2. The first-order valence-electron chi connectivity index (χ1n) is 9.77. The second kappa shape index (κ2) is 7.88. The highest BCUT2D eigenvalue weighted by Gasteiger charge is 2.38. The molecule has 0 fully saturated rings. The van der Waals surface area contributed by atoms with Gasteiger partial charge < -0.3 is 14.2 Å². The van der Waals surface area contributed by atoms with Crippen molar-refractivity contribution in [3.05, 3.63) is 88.9 Å². The summed E-state index contributed by atoms with van der Waals surface area (Å²) in [6.07, 6.45) is 4.68. The topological polar surface area (TPSA) is 74.7 Å². The molecule has 0 saturated carbocycles. The number of nitrogens with zero attached hydrogens (tertiary/aromatic N) is 1. The molecule has 32 heavy (non-hydrogen) atoms. The predicted molar refractivity (Wildman–Crippen MR) is 109 cm³/mol. The van der Waals surface area contributed by atoms with Crippen LogP contribution in [0.2, 0.25) is 0 Å². The minimum atomic E-state index is -3.00. The summed E-state index contributed by atoms with van der Waals surface area (Å²) >= 11 is 0. The van der Waals surface area contributed by atoms with Gasteiger partial charge in [0.15, 0.2) is 5.76 Å². The second-order valence-corrected chi connectivity index (χ2v) is 7.22. The number of Topliss-reactive ketones (excluding diaryl/α,β-unsaturated/α-hetero) is 1. The Morgan fingerprint density at radius 1 is 1.03 bits per heavy atom. The summed E-state index contributed by atoms with van der Waals surface area (Å²) in [7, 11) is 0. The molecule has 0 aliphatic carbocycles. The minimum Gasteiger partial charge on any atom is -0.452 e. The van der Waals surface area contributed by atoms with E-state index >= 15 is 0 Å². The molecular weight excluding hydrogens is 420 g/mol. The minimum absolute atomic E-state index is 0.0379. The van der Waals surface area contributed by atoms with Gasteiger partial charge in [-0.25, -0.2) is 0 Å². The van der Waals surface area contributed by atoms with Gasteiger partial charge in [-0.1, -0.05) is 18.2 Å². The first kappa shape index (κ1) is 19.9. The van der Waals surface area contributed by atoms with Gasteiger partial charge in [0.2, 0.25) is 5.78 Å². The van der Waals surface area contributed by atoms with Crippen molar-refractivity contribution in [2.24, 2.45) is 0 Å². The number of hydrogen-bond donors (Lipinski definition) is 0. The fourth-order valence-electron chi connectivity index (χ4n) is 3.93. The monoisotopic (exact) mass is 435 g/mol. The molecule has 0 radical (unpaired) electrons. The van der Waals surface area contributed by atoms with Gasteiger partial charge >= 0.3 is 12.6 Å². The van der Waals surface area contributed by atoms with Crippen molar-refractivity contribution in [1.82, 2.24) is 4.98 Å². The highest BCUT2D eigenvalue weighted by molar-refractivity contribution is 6.15. The van der Waals surface area contributed by atoms with Crippen molar-refractivity contribution < 1.29 is 32.6 Å². The molecule has 1 atom stereocenters. The summed E-state index contributed by atoms with van der Waals surface area (Å²) in [5.41, 5.74) is 1.99. The highest BCUT2D eigenvalue weighted by Crippen LogP contribution is 2.49. The maximum absolute atomic E-state index is 13.0. The molecule has 2 aromatic carbocycles. The van der Waals surface area contributed by atoms with Crippen LogP contribution in [-0.4, -0.2) is 23.3 Å². The molecule has 0 amide bonds. The molecule has 0 saturated heterocycles. The molecule has 3 aromatic rings. The van der Waals surface area contributed by atoms with Crippen molar-refractivity contribution in [1.29, 1.82) is 0 Å². The Hall–Kier alpha value is -4.07. The van der Waals surface area contributed by atoms with E-state index in [-0.39, 0.29) is 29.4 Å². The smallest absolute Gasteiger partial charge is 0.387 e. The Morgan fingerprint density at radius 2 is 1.81 bits per heavy atom. The Morgan fingerprint density at radius 3 is 2.59 bits per heavy atom. The van der Waals surface area contributed by atoms with E-state index in [1.807, 2.05) is 0 Å². The number of para-hydroxylation sites is 1. The Labute approximate surface area is 181 Å². The van der Waals surface area contributed by atoms with Gasteiger partial charge in [-0.3, -0.25) is 14.6 Å². The van der Waals surface area contributed by atoms with Crippen LogP contribution in [0.3, 0.4) is 0 Å². The number of allylic oxidation sites excluding steroid dienone is 1. The van der Waals surface area contributed by atoms with E-state index in [4.69, 9.17) is 9.47 Å². The van der Waals surface area contributed by atoms with Crippen molar-refractivity contribution >= 4 is 17.8 Å². The average molecular weight is 435 g/mol. The number of fused-ring (bicyclic) bond motifs is 3. The average Bonchev–Trinajstić information content (AvgIpc) is 3.10. The maximum atomic E-state index is 13.0.